The second kappa shape index (κ2) is 11.8. The molecule has 39 heavy (non-hydrogen) atoms. The van der Waals surface area contributed by atoms with Gasteiger partial charge in [-0.3, -0.25) is 24.3 Å². The van der Waals surface area contributed by atoms with Crippen molar-refractivity contribution in [1.82, 2.24) is 14.6 Å². The average molecular weight is 587 g/mol. The first-order valence-electron chi connectivity index (χ1n) is 10.3. The van der Waals surface area contributed by atoms with Crippen molar-refractivity contribution in [3.8, 4) is 0 Å². The first-order chi connectivity index (χ1) is 18.3. The summed E-state index contributed by atoms with van der Waals surface area (Å²) in [5.74, 6) is -4.70. The Kier molecular flexibility index (Phi) is 8.73. The number of nitrogens with one attached hydrogen (secondary N) is 1. The van der Waals surface area contributed by atoms with Crippen LogP contribution in [-0.2, 0) is 50.4 Å². The number of nitro groups is 1. The quantitative estimate of drug-likeness (QED) is 0.0695. The van der Waals surface area contributed by atoms with Gasteiger partial charge in [-0.15, -0.1) is 11.3 Å². The van der Waals surface area contributed by atoms with Gasteiger partial charge in [0.1, 0.15) is 18.3 Å². The molecule has 2 amide bonds. The van der Waals surface area contributed by atoms with E-state index in [0.717, 1.165) is 18.4 Å². The van der Waals surface area contributed by atoms with Crippen LogP contribution >= 0.6 is 11.3 Å². The molecule has 0 aliphatic carbocycles. The molecule has 1 fully saturated rings. The summed E-state index contributed by atoms with van der Waals surface area (Å²) in [6.45, 7) is -1.05. The molecule has 0 radical (unpaired) electrons. The van der Waals surface area contributed by atoms with Gasteiger partial charge >= 0.3 is 22.2 Å². The highest BCUT2D eigenvalue weighted by Gasteiger charge is 2.58. The third-order valence-corrected chi connectivity index (χ3v) is 6.47. The van der Waals surface area contributed by atoms with E-state index in [4.69, 9.17) is 15.3 Å². The molecule has 0 unspecified atom stereocenters. The largest absolute Gasteiger partial charge is 0.467 e. The van der Waals surface area contributed by atoms with Crippen LogP contribution < -0.4 is 11.1 Å². The lowest BCUT2D eigenvalue weighted by Gasteiger charge is -2.41. The number of methoxy groups -OCH3 is 1. The lowest BCUT2D eigenvalue weighted by Crippen LogP contribution is -2.74. The lowest BCUT2D eigenvalue weighted by atomic mass is 9.98. The molecular formula is C19H18N6O12S2. The minimum atomic E-state index is -5.14. The number of carbonyl (C=O) groups is 4. The van der Waals surface area contributed by atoms with Gasteiger partial charge in [0.25, 0.3) is 17.5 Å². The fourth-order valence-electron chi connectivity index (χ4n) is 3.09. The molecular weight excluding hydrogens is 568 g/mol. The number of ether oxygens (including phenoxy) is 2. The van der Waals surface area contributed by atoms with Gasteiger partial charge in [0.2, 0.25) is 6.61 Å². The van der Waals surface area contributed by atoms with E-state index in [-0.39, 0.29) is 27.4 Å². The molecule has 0 bridgehead atoms. The summed E-state index contributed by atoms with van der Waals surface area (Å²) in [5.41, 5.74) is 5.11. The molecule has 2 atom stereocenters. The van der Waals surface area contributed by atoms with Gasteiger partial charge in [-0.1, -0.05) is 5.16 Å². The van der Waals surface area contributed by atoms with E-state index in [9.17, 15) is 42.3 Å². The third-order valence-electron chi connectivity index (χ3n) is 4.89. The van der Waals surface area contributed by atoms with Crippen molar-refractivity contribution < 1.29 is 51.4 Å². The van der Waals surface area contributed by atoms with E-state index in [1.54, 1.807) is 0 Å². The predicted octanol–water partition coefficient (Wildman–Crippen LogP) is -1.23. The van der Waals surface area contributed by atoms with Crippen molar-refractivity contribution in [2.24, 2.45) is 5.16 Å². The number of esters is 2. The van der Waals surface area contributed by atoms with Crippen molar-refractivity contribution in [2.45, 2.75) is 18.7 Å². The van der Waals surface area contributed by atoms with E-state index < -0.39 is 63.4 Å². The number of thiazole rings is 1. The number of carbonyl (C=O) groups excluding carboxylic acids is 4. The van der Waals surface area contributed by atoms with Crippen LogP contribution in [0.1, 0.15) is 11.3 Å². The van der Waals surface area contributed by atoms with Gasteiger partial charge in [-0.05, 0) is 17.7 Å². The normalized spacial score (nSPS) is 17.1. The summed E-state index contributed by atoms with van der Waals surface area (Å²) < 4.78 is 41.3. The molecule has 4 N–H and O–H groups in total. The van der Waals surface area contributed by atoms with Crippen molar-refractivity contribution in [3.63, 3.8) is 0 Å². The number of nitrogens with two attached hydrogens (primary N) is 1. The Balaban J connectivity index is 1.68. The number of non-ortho nitro benzene ring substituents is 1. The summed E-state index contributed by atoms with van der Waals surface area (Å²) in [4.78, 5) is 67.9. The fraction of sp³-hybridized carbons (Fsp3) is 0.263. The second-order valence-corrected chi connectivity index (χ2v) is 9.58. The summed E-state index contributed by atoms with van der Waals surface area (Å²) in [6, 6.07) is 1.54. The number of nitrogen functional groups attached to an aromatic ring is 1. The van der Waals surface area contributed by atoms with Gasteiger partial charge in [-0.2, -0.15) is 12.7 Å². The zero-order valence-corrected chi connectivity index (χ0v) is 21.2. The molecule has 2 aromatic rings. The molecule has 1 saturated heterocycles. The molecule has 1 aromatic carbocycles. The molecule has 18 nitrogen and oxygen atoms in total. The number of β-lactam (4-membered cyclic amide) rings is 1. The minimum Gasteiger partial charge on any atom is -0.467 e. The molecule has 20 heteroatoms. The fourth-order valence-corrected chi connectivity index (χ4v) is 4.48. The van der Waals surface area contributed by atoms with Crippen LogP contribution in [0.4, 0.5) is 10.8 Å². The van der Waals surface area contributed by atoms with Crippen molar-refractivity contribution in [3.05, 3.63) is 51.0 Å². The standard InChI is InChI=1S/C19H18N6O12S2/c1-35-18(29)15-14(17(28)24(15)39(32,33)34)22-16(27)13(11-8-38-19(20)21-11)23-37-7-12(26)36-6-9-2-4-10(5-3-9)25(30)31/h2-5,8,14-15H,6-7H2,1H3,(H2,20,21)(H,22,27)(H,32,33,34)/b23-13-/t14-,15-/m1/s1. The Morgan fingerprint density at radius 2 is 1.97 bits per heavy atom. The zero-order chi connectivity index (χ0) is 28.9. The highest BCUT2D eigenvalue weighted by Crippen LogP contribution is 2.25. The lowest BCUT2D eigenvalue weighted by molar-refractivity contribution is -0.384. The van der Waals surface area contributed by atoms with E-state index in [1.165, 1.54) is 29.6 Å². The van der Waals surface area contributed by atoms with Gasteiger partial charge < -0.3 is 25.4 Å². The number of rotatable bonds is 11. The second-order valence-electron chi connectivity index (χ2n) is 7.40. The first-order valence-corrected chi connectivity index (χ1v) is 12.6. The Hall–Kier alpha value is -4.69. The number of hydrogen-bond acceptors (Lipinski definition) is 15. The Morgan fingerprint density at radius 3 is 2.51 bits per heavy atom. The van der Waals surface area contributed by atoms with Crippen molar-refractivity contribution >= 4 is 61.9 Å². The van der Waals surface area contributed by atoms with E-state index in [1.807, 2.05) is 0 Å². The topological polar surface area (TPSA) is 260 Å². The minimum absolute atomic E-state index is 0.0118. The van der Waals surface area contributed by atoms with Gasteiger partial charge in [0, 0.05) is 17.5 Å². The number of nitro benzene ring substituents is 1. The summed E-state index contributed by atoms with van der Waals surface area (Å²) >= 11 is 0.905. The predicted molar refractivity (Wildman–Crippen MR) is 128 cm³/mol. The summed E-state index contributed by atoms with van der Waals surface area (Å²) in [6.07, 6.45) is 0. The van der Waals surface area contributed by atoms with E-state index in [0.29, 0.717) is 5.56 Å². The van der Waals surface area contributed by atoms with Crippen LogP contribution in [-0.4, -0.2) is 82.4 Å². The Morgan fingerprint density at radius 1 is 1.31 bits per heavy atom. The van der Waals surface area contributed by atoms with Gasteiger partial charge in [0.05, 0.1) is 12.0 Å². The summed E-state index contributed by atoms with van der Waals surface area (Å²) in [5, 5.41) is 17.6. The highest BCUT2D eigenvalue weighted by molar-refractivity contribution is 7.84. The molecule has 208 valence electrons. The number of hydrogen-bond donors (Lipinski definition) is 3. The molecule has 2 heterocycles. The van der Waals surface area contributed by atoms with Crippen LogP contribution in [0.15, 0.2) is 34.8 Å². The van der Waals surface area contributed by atoms with Crippen LogP contribution in [0, 0.1) is 10.1 Å². The van der Waals surface area contributed by atoms with E-state index >= 15 is 0 Å². The van der Waals surface area contributed by atoms with Crippen LogP contribution in [0.25, 0.3) is 0 Å². The maximum Gasteiger partial charge on any atom is 0.363 e. The maximum absolute atomic E-state index is 12.9. The third kappa shape index (κ3) is 6.80. The zero-order valence-electron chi connectivity index (χ0n) is 19.6. The number of amides is 2. The monoisotopic (exact) mass is 586 g/mol. The molecule has 1 aliphatic rings. The summed E-state index contributed by atoms with van der Waals surface area (Å²) in [7, 11) is -4.25. The molecule has 1 aliphatic heterocycles. The van der Waals surface area contributed by atoms with Crippen LogP contribution in [0.3, 0.4) is 0 Å². The smallest absolute Gasteiger partial charge is 0.363 e. The Labute approximate surface area is 222 Å². The number of oxime groups is 1. The first kappa shape index (κ1) is 28.9. The molecule has 0 spiro atoms. The number of nitrogens with zero attached hydrogens (tertiary/aromatic N) is 4. The molecule has 3 rings (SSSR count). The molecule has 0 saturated carbocycles. The maximum atomic E-state index is 12.9. The van der Waals surface area contributed by atoms with Gasteiger partial charge in [-0.25, -0.2) is 14.6 Å². The molecule has 1 aromatic heterocycles. The highest BCUT2D eigenvalue weighted by atomic mass is 32.2. The van der Waals surface area contributed by atoms with Crippen molar-refractivity contribution in [2.75, 3.05) is 19.5 Å². The van der Waals surface area contributed by atoms with Crippen molar-refractivity contribution in [1.29, 1.82) is 0 Å². The van der Waals surface area contributed by atoms with Gasteiger partial charge in [0.15, 0.2) is 16.9 Å². The van der Waals surface area contributed by atoms with Crippen LogP contribution in [0.5, 0.6) is 0 Å². The number of aromatic nitrogens is 1. The van der Waals surface area contributed by atoms with E-state index in [2.05, 4.69) is 20.2 Å². The van der Waals surface area contributed by atoms with Crippen LogP contribution in [0.2, 0.25) is 0 Å². The average Bonchev–Trinajstić information content (AvgIpc) is 3.31. The number of anilines is 1. The Bertz CT molecular complexity index is 1440. The SMILES string of the molecule is COC(=O)[C@H]1[C@@H](NC(=O)/C(=N\OCC(=O)OCc2ccc([N+](=O)[O-])cc2)c2csc(N)n2)C(=O)N1S(=O)(=O)O. The number of benzene rings is 1.